The molecule has 3 nitrogen and oxygen atoms in total. The highest BCUT2D eigenvalue weighted by Gasteiger charge is 2.34. The van der Waals surface area contributed by atoms with Gasteiger partial charge in [-0.25, -0.2) is 0 Å². The van der Waals surface area contributed by atoms with Crippen molar-refractivity contribution in [1.82, 2.24) is 0 Å². The number of nitrogens with two attached hydrogens (primary N) is 1. The van der Waals surface area contributed by atoms with Crippen LogP contribution in [0.1, 0.15) is 33.1 Å². The van der Waals surface area contributed by atoms with Crippen molar-refractivity contribution in [3.8, 4) is 0 Å². The second-order valence-corrected chi connectivity index (χ2v) is 4.00. The maximum Gasteiger partial charge on any atom is 0.0568 e. The van der Waals surface area contributed by atoms with E-state index in [1.54, 1.807) is 0 Å². The van der Waals surface area contributed by atoms with Gasteiger partial charge >= 0.3 is 0 Å². The zero-order valence-electron chi connectivity index (χ0n) is 7.92. The molecule has 0 aromatic heterocycles. The van der Waals surface area contributed by atoms with Gasteiger partial charge in [-0.1, -0.05) is 0 Å². The van der Waals surface area contributed by atoms with Gasteiger partial charge in [-0.2, -0.15) is 0 Å². The van der Waals surface area contributed by atoms with Crippen LogP contribution in [-0.2, 0) is 4.74 Å². The molecule has 0 aromatic carbocycles. The molecule has 0 saturated carbocycles. The molecule has 1 heterocycles. The van der Waals surface area contributed by atoms with E-state index in [2.05, 4.69) is 0 Å². The van der Waals surface area contributed by atoms with Crippen LogP contribution in [0.15, 0.2) is 0 Å². The number of rotatable bonds is 2. The number of hydrogen-bond donors (Lipinski definition) is 2. The second-order valence-electron chi connectivity index (χ2n) is 4.00. The molecule has 1 unspecified atom stereocenters. The van der Waals surface area contributed by atoms with Crippen molar-refractivity contribution in [2.24, 2.45) is 5.73 Å². The molecule has 3 atom stereocenters. The summed E-state index contributed by atoms with van der Waals surface area (Å²) < 4.78 is 5.57. The Balaban J connectivity index is 2.52. The van der Waals surface area contributed by atoms with E-state index >= 15 is 0 Å². The Labute approximate surface area is 73.9 Å². The maximum absolute atomic E-state index is 8.84. The summed E-state index contributed by atoms with van der Waals surface area (Å²) in [6.45, 7) is 4.25. The van der Waals surface area contributed by atoms with Crippen molar-refractivity contribution >= 4 is 0 Å². The quantitative estimate of drug-likeness (QED) is 0.644. The zero-order chi connectivity index (χ0) is 9.19. The highest BCUT2D eigenvalue weighted by atomic mass is 16.5. The Morgan fingerprint density at radius 3 is 2.33 bits per heavy atom. The summed E-state index contributed by atoms with van der Waals surface area (Å²) in [5, 5.41) is 8.84. The first-order valence-corrected chi connectivity index (χ1v) is 4.61. The van der Waals surface area contributed by atoms with Gasteiger partial charge in [0.1, 0.15) is 0 Å². The molecule has 3 heteroatoms. The Kier molecular flexibility index (Phi) is 3.09. The fourth-order valence-electron chi connectivity index (χ4n) is 2.15. The van der Waals surface area contributed by atoms with Gasteiger partial charge in [-0.05, 0) is 33.1 Å². The van der Waals surface area contributed by atoms with E-state index < -0.39 is 0 Å². The van der Waals surface area contributed by atoms with Crippen LogP contribution >= 0.6 is 0 Å². The first kappa shape index (κ1) is 9.96. The first-order chi connectivity index (χ1) is 5.56. The molecule has 0 radical (unpaired) electrons. The number of aliphatic hydroxyl groups excluding tert-OH is 1. The molecule has 0 spiro atoms. The molecule has 0 amide bonds. The summed E-state index contributed by atoms with van der Waals surface area (Å²) in [7, 11) is 0. The van der Waals surface area contributed by atoms with Crippen LogP contribution in [-0.4, -0.2) is 29.5 Å². The highest BCUT2D eigenvalue weighted by molar-refractivity contribution is 4.91. The third-order valence-electron chi connectivity index (χ3n) is 2.46. The van der Waals surface area contributed by atoms with E-state index in [9.17, 15) is 0 Å². The Morgan fingerprint density at radius 1 is 1.42 bits per heavy atom. The standard InChI is InChI=1S/C9H19NO2/c1-7-5-9(10,3-4-11)6-8(2)12-7/h7-8,11H,3-6,10H2,1-2H3/t7-,8+,9?. The summed E-state index contributed by atoms with van der Waals surface area (Å²) in [6, 6.07) is 0. The third kappa shape index (κ3) is 2.44. The minimum absolute atomic E-state index is 0.177. The third-order valence-corrected chi connectivity index (χ3v) is 2.46. The molecule has 0 aliphatic carbocycles. The van der Waals surface area contributed by atoms with E-state index in [-0.39, 0.29) is 24.4 Å². The smallest absolute Gasteiger partial charge is 0.0568 e. The van der Waals surface area contributed by atoms with Crippen molar-refractivity contribution < 1.29 is 9.84 Å². The molecule has 1 saturated heterocycles. The van der Waals surface area contributed by atoms with E-state index in [4.69, 9.17) is 15.6 Å². The van der Waals surface area contributed by atoms with Gasteiger partial charge in [0.05, 0.1) is 12.2 Å². The summed E-state index contributed by atoms with van der Waals surface area (Å²) in [4.78, 5) is 0. The highest BCUT2D eigenvalue weighted by Crippen LogP contribution is 2.28. The molecule has 0 aromatic rings. The summed E-state index contributed by atoms with van der Waals surface area (Å²) in [5.74, 6) is 0. The van der Waals surface area contributed by atoms with Gasteiger partial charge in [-0.3, -0.25) is 0 Å². The van der Waals surface area contributed by atoms with Crippen molar-refractivity contribution in [2.45, 2.75) is 50.9 Å². The van der Waals surface area contributed by atoms with E-state index in [1.807, 2.05) is 13.8 Å². The molecule has 1 aliphatic rings. The average Bonchev–Trinajstić information content (AvgIpc) is 1.82. The van der Waals surface area contributed by atoms with Crippen molar-refractivity contribution in [3.05, 3.63) is 0 Å². The predicted molar refractivity (Wildman–Crippen MR) is 47.9 cm³/mol. The summed E-state index contributed by atoms with van der Waals surface area (Å²) in [6.07, 6.45) is 2.86. The molecule has 12 heavy (non-hydrogen) atoms. The van der Waals surface area contributed by atoms with Crippen LogP contribution < -0.4 is 5.73 Å². The van der Waals surface area contributed by atoms with Gasteiger partial charge in [0, 0.05) is 12.1 Å². The van der Waals surface area contributed by atoms with Gasteiger partial charge < -0.3 is 15.6 Å². The van der Waals surface area contributed by atoms with Crippen LogP contribution in [0, 0.1) is 0 Å². The minimum atomic E-state index is -0.203. The number of aliphatic hydroxyl groups is 1. The van der Waals surface area contributed by atoms with Crippen molar-refractivity contribution in [2.75, 3.05) is 6.61 Å². The lowest BCUT2D eigenvalue weighted by molar-refractivity contribution is -0.0642. The molecule has 1 fully saturated rings. The van der Waals surface area contributed by atoms with Gasteiger partial charge in [0.15, 0.2) is 0 Å². The van der Waals surface area contributed by atoms with Crippen molar-refractivity contribution in [3.63, 3.8) is 0 Å². The first-order valence-electron chi connectivity index (χ1n) is 4.61. The van der Waals surface area contributed by atoms with Crippen LogP contribution in [0.4, 0.5) is 0 Å². The normalized spacial score (nSPS) is 43.0. The predicted octanol–water partition coefficient (Wildman–Crippen LogP) is 0.654. The number of hydrogen-bond acceptors (Lipinski definition) is 3. The molecule has 1 aliphatic heterocycles. The van der Waals surface area contributed by atoms with Crippen LogP contribution in [0.3, 0.4) is 0 Å². The van der Waals surface area contributed by atoms with E-state index in [1.165, 1.54) is 0 Å². The van der Waals surface area contributed by atoms with Gasteiger partial charge in [-0.15, -0.1) is 0 Å². The maximum atomic E-state index is 8.84. The minimum Gasteiger partial charge on any atom is -0.396 e. The monoisotopic (exact) mass is 173 g/mol. The molecule has 0 bridgehead atoms. The lowest BCUT2D eigenvalue weighted by Crippen LogP contribution is -2.50. The molecule has 72 valence electrons. The lowest BCUT2D eigenvalue weighted by Gasteiger charge is -2.40. The summed E-state index contributed by atoms with van der Waals surface area (Å²) in [5.41, 5.74) is 5.91. The zero-order valence-corrected chi connectivity index (χ0v) is 7.92. The van der Waals surface area contributed by atoms with Crippen LogP contribution in [0.2, 0.25) is 0 Å². The lowest BCUT2D eigenvalue weighted by atomic mass is 9.83. The molecule has 1 rings (SSSR count). The fourth-order valence-corrected chi connectivity index (χ4v) is 2.15. The van der Waals surface area contributed by atoms with Crippen LogP contribution in [0.5, 0.6) is 0 Å². The fraction of sp³-hybridized carbons (Fsp3) is 1.00. The van der Waals surface area contributed by atoms with E-state index in [0.29, 0.717) is 6.42 Å². The average molecular weight is 173 g/mol. The molecular weight excluding hydrogens is 154 g/mol. The number of ether oxygens (including phenoxy) is 1. The van der Waals surface area contributed by atoms with Crippen LogP contribution in [0.25, 0.3) is 0 Å². The Morgan fingerprint density at radius 2 is 1.92 bits per heavy atom. The molecular formula is C9H19NO2. The largest absolute Gasteiger partial charge is 0.396 e. The SMILES string of the molecule is C[C@@H]1CC(N)(CCO)C[C@H](C)O1. The summed E-state index contributed by atoms with van der Waals surface area (Å²) >= 11 is 0. The Hall–Kier alpha value is -0.120. The topological polar surface area (TPSA) is 55.5 Å². The van der Waals surface area contributed by atoms with Gasteiger partial charge in [0.2, 0.25) is 0 Å². The van der Waals surface area contributed by atoms with Gasteiger partial charge in [0.25, 0.3) is 0 Å². The Bertz CT molecular complexity index is 139. The van der Waals surface area contributed by atoms with E-state index in [0.717, 1.165) is 12.8 Å². The van der Waals surface area contributed by atoms with Crippen molar-refractivity contribution in [1.29, 1.82) is 0 Å². The molecule has 3 N–H and O–H groups in total. The second kappa shape index (κ2) is 3.73.